The van der Waals surface area contributed by atoms with Crippen molar-refractivity contribution in [2.75, 3.05) is 6.61 Å². The van der Waals surface area contributed by atoms with Crippen LogP contribution in [-0.4, -0.2) is 17.8 Å². The Morgan fingerprint density at radius 1 is 1.27 bits per heavy atom. The Kier molecular flexibility index (Phi) is 2.33. The van der Waals surface area contributed by atoms with Crippen molar-refractivity contribution >= 4 is 0 Å². The zero-order valence-corrected chi connectivity index (χ0v) is 9.49. The van der Waals surface area contributed by atoms with Crippen LogP contribution in [0, 0.1) is 23.2 Å². The molecular formula is C13H23NO. The molecule has 0 aromatic rings. The minimum Gasteiger partial charge on any atom is -0.396 e. The molecule has 2 nitrogen and oxygen atoms in total. The van der Waals surface area contributed by atoms with Gasteiger partial charge in [0.25, 0.3) is 0 Å². The Labute approximate surface area is 92.2 Å². The lowest BCUT2D eigenvalue weighted by atomic mass is 9.60. The average molecular weight is 209 g/mol. The molecule has 0 amide bonds. The van der Waals surface area contributed by atoms with E-state index in [1.807, 2.05) is 0 Å². The van der Waals surface area contributed by atoms with Crippen LogP contribution in [-0.2, 0) is 0 Å². The first-order valence-corrected chi connectivity index (χ1v) is 6.63. The minimum atomic E-state index is 0.381. The van der Waals surface area contributed by atoms with Crippen molar-refractivity contribution in [3.05, 3.63) is 0 Å². The largest absolute Gasteiger partial charge is 0.396 e. The Hall–Kier alpha value is -0.0800. The second-order valence-corrected chi connectivity index (χ2v) is 6.17. The molecule has 0 heterocycles. The molecular weight excluding hydrogens is 186 g/mol. The van der Waals surface area contributed by atoms with E-state index < -0.39 is 0 Å². The molecule has 86 valence electrons. The van der Waals surface area contributed by atoms with E-state index >= 15 is 0 Å². The molecule has 2 bridgehead atoms. The molecule has 0 aromatic heterocycles. The summed E-state index contributed by atoms with van der Waals surface area (Å²) in [6.45, 7) is 0.381. The van der Waals surface area contributed by atoms with Gasteiger partial charge in [0.1, 0.15) is 0 Å². The maximum atomic E-state index is 9.35. The van der Waals surface area contributed by atoms with Crippen molar-refractivity contribution in [1.82, 2.24) is 0 Å². The van der Waals surface area contributed by atoms with E-state index in [0.29, 0.717) is 24.0 Å². The van der Waals surface area contributed by atoms with E-state index in [2.05, 4.69) is 0 Å². The number of fused-ring (bicyclic) bond motifs is 3. The Balaban J connectivity index is 1.83. The van der Waals surface area contributed by atoms with Crippen LogP contribution in [0.15, 0.2) is 0 Å². The van der Waals surface area contributed by atoms with Gasteiger partial charge in [0.15, 0.2) is 0 Å². The van der Waals surface area contributed by atoms with Gasteiger partial charge in [-0.15, -0.1) is 0 Å². The molecule has 3 aliphatic rings. The van der Waals surface area contributed by atoms with Crippen molar-refractivity contribution in [3.63, 3.8) is 0 Å². The van der Waals surface area contributed by atoms with E-state index in [0.717, 1.165) is 11.8 Å². The first-order chi connectivity index (χ1) is 7.26. The van der Waals surface area contributed by atoms with Gasteiger partial charge in [0.05, 0.1) is 0 Å². The molecule has 3 rings (SSSR count). The van der Waals surface area contributed by atoms with Gasteiger partial charge in [0, 0.05) is 12.6 Å². The van der Waals surface area contributed by atoms with Crippen molar-refractivity contribution in [2.45, 2.75) is 51.0 Å². The van der Waals surface area contributed by atoms with Gasteiger partial charge in [-0.1, -0.05) is 6.42 Å². The highest BCUT2D eigenvalue weighted by atomic mass is 16.3. The molecule has 3 fully saturated rings. The van der Waals surface area contributed by atoms with Crippen LogP contribution in [0.1, 0.15) is 44.9 Å². The van der Waals surface area contributed by atoms with Crippen LogP contribution in [0.5, 0.6) is 0 Å². The van der Waals surface area contributed by atoms with Gasteiger partial charge >= 0.3 is 0 Å². The fourth-order valence-corrected chi connectivity index (χ4v) is 4.90. The van der Waals surface area contributed by atoms with Gasteiger partial charge in [-0.05, 0) is 61.7 Å². The summed E-state index contributed by atoms with van der Waals surface area (Å²) in [6.07, 6.45) is 9.25. The van der Waals surface area contributed by atoms with E-state index in [1.54, 1.807) is 0 Å². The van der Waals surface area contributed by atoms with Crippen molar-refractivity contribution in [1.29, 1.82) is 0 Å². The molecule has 3 aliphatic carbocycles. The zero-order chi connectivity index (χ0) is 10.5. The zero-order valence-electron chi connectivity index (χ0n) is 9.49. The molecule has 15 heavy (non-hydrogen) atoms. The van der Waals surface area contributed by atoms with Gasteiger partial charge in [0.2, 0.25) is 0 Å². The highest BCUT2D eigenvalue weighted by Crippen LogP contribution is 2.61. The third-order valence-electron chi connectivity index (χ3n) is 5.64. The minimum absolute atomic E-state index is 0.381. The van der Waals surface area contributed by atoms with Gasteiger partial charge in [-0.2, -0.15) is 0 Å². The molecule has 0 radical (unpaired) electrons. The first-order valence-electron chi connectivity index (χ1n) is 6.63. The van der Waals surface area contributed by atoms with Crippen LogP contribution >= 0.6 is 0 Å². The summed E-state index contributed by atoms with van der Waals surface area (Å²) in [6, 6.07) is 0.450. The number of rotatable bonds is 1. The van der Waals surface area contributed by atoms with Crippen molar-refractivity contribution < 1.29 is 5.11 Å². The lowest BCUT2D eigenvalue weighted by molar-refractivity contribution is 0.0292. The predicted octanol–water partition coefficient (Wildman–Crippen LogP) is 1.91. The Morgan fingerprint density at radius 2 is 2.13 bits per heavy atom. The maximum absolute atomic E-state index is 9.35. The van der Waals surface area contributed by atoms with Gasteiger partial charge in [-0.25, -0.2) is 0 Å². The lowest BCUT2D eigenvalue weighted by Crippen LogP contribution is -2.49. The summed E-state index contributed by atoms with van der Waals surface area (Å²) < 4.78 is 0. The number of hydrogen-bond acceptors (Lipinski definition) is 2. The summed E-state index contributed by atoms with van der Waals surface area (Å²) in [5.74, 6) is 2.25. The maximum Gasteiger partial charge on any atom is 0.0459 e. The number of nitrogens with two attached hydrogens (primary N) is 1. The highest BCUT2D eigenvalue weighted by Gasteiger charge is 2.57. The van der Waals surface area contributed by atoms with Crippen LogP contribution < -0.4 is 5.73 Å². The van der Waals surface area contributed by atoms with E-state index in [1.165, 1.54) is 44.9 Å². The molecule has 1 spiro atoms. The first kappa shape index (κ1) is 10.1. The third-order valence-corrected chi connectivity index (χ3v) is 5.64. The summed E-state index contributed by atoms with van der Waals surface area (Å²) >= 11 is 0. The molecule has 2 heteroatoms. The smallest absolute Gasteiger partial charge is 0.0459 e. The fraction of sp³-hybridized carbons (Fsp3) is 1.00. The van der Waals surface area contributed by atoms with Crippen molar-refractivity contribution in [3.8, 4) is 0 Å². The molecule has 3 saturated carbocycles. The third kappa shape index (κ3) is 1.31. The molecule has 0 aromatic carbocycles. The molecule has 0 saturated heterocycles. The summed E-state index contributed by atoms with van der Waals surface area (Å²) in [4.78, 5) is 0. The van der Waals surface area contributed by atoms with Crippen LogP contribution in [0.25, 0.3) is 0 Å². The van der Waals surface area contributed by atoms with Crippen molar-refractivity contribution in [2.24, 2.45) is 28.9 Å². The fourth-order valence-electron chi connectivity index (χ4n) is 4.90. The normalized spacial score (nSPS) is 54.0. The Morgan fingerprint density at radius 3 is 2.80 bits per heavy atom. The summed E-state index contributed by atoms with van der Waals surface area (Å²) in [5.41, 5.74) is 6.90. The van der Waals surface area contributed by atoms with Crippen LogP contribution in [0.2, 0.25) is 0 Å². The summed E-state index contributed by atoms with van der Waals surface area (Å²) in [5, 5.41) is 9.35. The standard InChI is InChI=1S/C13H23NO/c14-12-10-3-4-11(6-10)13(12)5-1-2-9(7-13)8-15/h9-12,15H,1-8,14H2/t9?,10?,11-,12+,13?/m0/s1. The molecule has 3 N–H and O–H groups in total. The molecule has 3 unspecified atom stereocenters. The highest BCUT2D eigenvalue weighted by molar-refractivity contribution is 5.09. The van der Waals surface area contributed by atoms with Crippen LogP contribution in [0.3, 0.4) is 0 Å². The predicted molar refractivity (Wildman–Crippen MR) is 60.3 cm³/mol. The van der Waals surface area contributed by atoms with Gasteiger partial charge in [-0.3, -0.25) is 0 Å². The average Bonchev–Trinajstić information content (AvgIpc) is 2.84. The monoisotopic (exact) mass is 209 g/mol. The second-order valence-electron chi connectivity index (χ2n) is 6.17. The lowest BCUT2D eigenvalue weighted by Gasteiger charge is -2.47. The second kappa shape index (κ2) is 3.46. The number of hydrogen-bond donors (Lipinski definition) is 2. The molecule has 5 atom stereocenters. The topological polar surface area (TPSA) is 46.2 Å². The number of aliphatic hydroxyl groups excluding tert-OH is 1. The Bertz CT molecular complexity index is 251. The summed E-state index contributed by atoms with van der Waals surface area (Å²) in [7, 11) is 0. The SMILES string of the molecule is N[C@@H]1C2CC[C@@H](C2)C12CCCC(CO)C2. The van der Waals surface area contributed by atoms with E-state index in [-0.39, 0.29) is 0 Å². The van der Waals surface area contributed by atoms with E-state index in [9.17, 15) is 5.11 Å². The number of aliphatic hydroxyl groups is 1. The molecule has 0 aliphatic heterocycles. The quantitative estimate of drug-likeness (QED) is 0.693. The van der Waals surface area contributed by atoms with E-state index in [4.69, 9.17) is 5.73 Å². The van der Waals surface area contributed by atoms with Gasteiger partial charge < -0.3 is 10.8 Å². The van der Waals surface area contributed by atoms with Crippen LogP contribution in [0.4, 0.5) is 0 Å².